The number of nitrogens with zero attached hydrogens (tertiary/aromatic N) is 1. The van der Waals surface area contributed by atoms with E-state index in [2.05, 4.69) is 49.4 Å². The minimum Gasteiger partial charge on any atom is -0.308 e. The van der Waals surface area contributed by atoms with Crippen LogP contribution in [-0.2, 0) is 0 Å². The fourth-order valence-corrected chi connectivity index (χ4v) is 1.94. The van der Waals surface area contributed by atoms with E-state index in [0.29, 0.717) is 0 Å². The lowest BCUT2D eigenvalue weighted by molar-refractivity contribution is 0.580. The molecule has 2 aromatic carbocycles. The molecule has 2 aromatic rings. The van der Waals surface area contributed by atoms with Crippen molar-refractivity contribution in [3.05, 3.63) is 48.0 Å². The SMILES string of the molecule is CC(C)(C)N=C(NN)c1cccc2ccccc12. The molecule has 0 radical (unpaired) electrons. The molecule has 0 aliphatic heterocycles. The van der Waals surface area contributed by atoms with Gasteiger partial charge in [0.25, 0.3) is 0 Å². The number of nitrogens with one attached hydrogen (secondary N) is 1. The van der Waals surface area contributed by atoms with Crippen LogP contribution in [0.1, 0.15) is 26.3 Å². The van der Waals surface area contributed by atoms with Crippen molar-refractivity contribution in [3.8, 4) is 0 Å². The molecule has 0 atom stereocenters. The van der Waals surface area contributed by atoms with Gasteiger partial charge < -0.3 is 5.43 Å². The van der Waals surface area contributed by atoms with Crippen LogP contribution in [-0.4, -0.2) is 11.4 Å². The first-order valence-electron chi connectivity index (χ1n) is 6.06. The van der Waals surface area contributed by atoms with Gasteiger partial charge in [0.2, 0.25) is 0 Å². The first kappa shape index (κ1) is 12.6. The molecule has 3 heteroatoms. The van der Waals surface area contributed by atoms with E-state index in [1.807, 2.05) is 24.3 Å². The highest BCUT2D eigenvalue weighted by Crippen LogP contribution is 2.20. The Labute approximate surface area is 108 Å². The third-order valence-electron chi connectivity index (χ3n) is 2.63. The van der Waals surface area contributed by atoms with Crippen molar-refractivity contribution in [3.63, 3.8) is 0 Å². The van der Waals surface area contributed by atoms with Gasteiger partial charge in [0.15, 0.2) is 0 Å². The molecule has 2 rings (SSSR count). The van der Waals surface area contributed by atoms with E-state index in [4.69, 9.17) is 5.84 Å². The second-order valence-corrected chi connectivity index (χ2v) is 5.30. The van der Waals surface area contributed by atoms with Crippen molar-refractivity contribution >= 4 is 16.6 Å². The summed E-state index contributed by atoms with van der Waals surface area (Å²) in [6.45, 7) is 6.15. The molecule has 18 heavy (non-hydrogen) atoms. The molecule has 0 heterocycles. The summed E-state index contributed by atoms with van der Waals surface area (Å²) in [5, 5.41) is 2.34. The van der Waals surface area contributed by atoms with E-state index in [1.54, 1.807) is 0 Å². The van der Waals surface area contributed by atoms with Gasteiger partial charge in [0.05, 0.1) is 5.54 Å². The average molecular weight is 241 g/mol. The standard InChI is InChI=1S/C15H19N3/c1-15(2,3)17-14(18-16)13-10-6-8-11-7-4-5-9-12(11)13/h4-10H,16H2,1-3H3,(H,17,18). The molecule has 0 aliphatic rings. The zero-order valence-corrected chi connectivity index (χ0v) is 11.1. The molecule has 0 aliphatic carbocycles. The molecule has 0 aromatic heterocycles. The van der Waals surface area contributed by atoms with E-state index in [9.17, 15) is 0 Å². The van der Waals surface area contributed by atoms with Gasteiger partial charge in [-0.05, 0) is 31.5 Å². The molecule has 0 spiro atoms. The predicted molar refractivity (Wildman–Crippen MR) is 77.6 cm³/mol. The second-order valence-electron chi connectivity index (χ2n) is 5.30. The Kier molecular flexibility index (Phi) is 3.34. The second kappa shape index (κ2) is 4.78. The van der Waals surface area contributed by atoms with Crippen LogP contribution in [0.15, 0.2) is 47.5 Å². The van der Waals surface area contributed by atoms with Crippen molar-refractivity contribution in [1.82, 2.24) is 5.43 Å². The average Bonchev–Trinajstić information content (AvgIpc) is 2.34. The quantitative estimate of drug-likeness (QED) is 0.349. The van der Waals surface area contributed by atoms with Gasteiger partial charge in [0, 0.05) is 5.56 Å². The Morgan fingerprint density at radius 3 is 2.39 bits per heavy atom. The van der Waals surface area contributed by atoms with Crippen LogP contribution in [0, 0.1) is 0 Å². The normalized spacial score (nSPS) is 12.8. The zero-order valence-electron chi connectivity index (χ0n) is 11.1. The molecule has 0 amide bonds. The van der Waals surface area contributed by atoms with E-state index in [1.165, 1.54) is 5.39 Å². The molecule has 0 fully saturated rings. The lowest BCUT2D eigenvalue weighted by Gasteiger charge is -2.17. The Morgan fingerprint density at radius 1 is 1.06 bits per heavy atom. The number of hydrogen-bond donors (Lipinski definition) is 2. The smallest absolute Gasteiger partial charge is 0.143 e. The summed E-state index contributed by atoms with van der Waals surface area (Å²) in [6.07, 6.45) is 0. The van der Waals surface area contributed by atoms with Gasteiger partial charge in [-0.15, -0.1) is 0 Å². The topological polar surface area (TPSA) is 50.4 Å². The summed E-state index contributed by atoms with van der Waals surface area (Å²) >= 11 is 0. The summed E-state index contributed by atoms with van der Waals surface area (Å²) in [7, 11) is 0. The molecule has 94 valence electrons. The zero-order chi connectivity index (χ0) is 13.2. The molecule has 0 bridgehead atoms. The van der Waals surface area contributed by atoms with Crippen LogP contribution in [0.3, 0.4) is 0 Å². The van der Waals surface area contributed by atoms with Crippen molar-refractivity contribution in [1.29, 1.82) is 0 Å². The number of amidine groups is 1. The maximum Gasteiger partial charge on any atom is 0.143 e. The molecular weight excluding hydrogens is 222 g/mol. The number of fused-ring (bicyclic) bond motifs is 1. The van der Waals surface area contributed by atoms with Gasteiger partial charge >= 0.3 is 0 Å². The van der Waals surface area contributed by atoms with Crippen LogP contribution < -0.4 is 11.3 Å². The highest BCUT2D eigenvalue weighted by Gasteiger charge is 2.12. The van der Waals surface area contributed by atoms with Crippen LogP contribution >= 0.6 is 0 Å². The van der Waals surface area contributed by atoms with E-state index in [0.717, 1.165) is 16.8 Å². The van der Waals surface area contributed by atoms with Crippen molar-refractivity contribution in [2.75, 3.05) is 0 Å². The van der Waals surface area contributed by atoms with Gasteiger partial charge in [-0.2, -0.15) is 0 Å². The number of hydrazine groups is 1. The van der Waals surface area contributed by atoms with Crippen molar-refractivity contribution < 1.29 is 0 Å². The van der Waals surface area contributed by atoms with Crippen LogP contribution in [0.5, 0.6) is 0 Å². The highest BCUT2D eigenvalue weighted by atomic mass is 15.3. The number of nitrogens with two attached hydrogens (primary N) is 1. The first-order chi connectivity index (χ1) is 8.51. The molecule has 0 saturated carbocycles. The van der Waals surface area contributed by atoms with E-state index >= 15 is 0 Å². The summed E-state index contributed by atoms with van der Waals surface area (Å²) in [5.41, 5.74) is 3.58. The molecule has 3 nitrogen and oxygen atoms in total. The lowest BCUT2D eigenvalue weighted by Crippen LogP contribution is -2.33. The molecule has 0 unspecified atom stereocenters. The predicted octanol–water partition coefficient (Wildman–Crippen LogP) is 2.85. The summed E-state index contributed by atoms with van der Waals surface area (Å²) < 4.78 is 0. The summed E-state index contributed by atoms with van der Waals surface area (Å²) in [6, 6.07) is 14.4. The molecule has 3 N–H and O–H groups in total. The van der Waals surface area contributed by atoms with Gasteiger partial charge in [-0.25, -0.2) is 5.84 Å². The van der Waals surface area contributed by atoms with Crippen molar-refractivity contribution in [2.45, 2.75) is 26.3 Å². The summed E-state index contributed by atoms with van der Waals surface area (Å²) in [5.74, 6) is 6.34. The Morgan fingerprint density at radius 2 is 1.72 bits per heavy atom. The number of hydrogen-bond acceptors (Lipinski definition) is 2. The van der Waals surface area contributed by atoms with Gasteiger partial charge in [0.1, 0.15) is 5.84 Å². The number of aliphatic imine (C=N–C) groups is 1. The summed E-state index contributed by atoms with van der Waals surface area (Å²) in [4.78, 5) is 4.63. The molecular formula is C15H19N3. The third-order valence-corrected chi connectivity index (χ3v) is 2.63. The fourth-order valence-electron chi connectivity index (χ4n) is 1.94. The van der Waals surface area contributed by atoms with E-state index in [-0.39, 0.29) is 5.54 Å². The lowest BCUT2D eigenvalue weighted by atomic mass is 10.0. The van der Waals surface area contributed by atoms with Crippen molar-refractivity contribution in [2.24, 2.45) is 10.8 Å². The highest BCUT2D eigenvalue weighted by molar-refractivity contribution is 6.09. The van der Waals surface area contributed by atoms with E-state index < -0.39 is 0 Å². The maximum absolute atomic E-state index is 5.62. The Bertz CT molecular complexity index is 574. The third kappa shape index (κ3) is 2.68. The molecule has 0 saturated heterocycles. The monoisotopic (exact) mass is 241 g/mol. The Hall–Kier alpha value is -1.87. The van der Waals surface area contributed by atoms with Crippen LogP contribution in [0.25, 0.3) is 10.8 Å². The Balaban J connectivity index is 2.63. The first-order valence-corrected chi connectivity index (χ1v) is 6.06. The van der Waals surface area contributed by atoms with Crippen LogP contribution in [0.4, 0.5) is 0 Å². The minimum atomic E-state index is -0.168. The van der Waals surface area contributed by atoms with Crippen LogP contribution in [0.2, 0.25) is 0 Å². The number of benzene rings is 2. The van der Waals surface area contributed by atoms with Gasteiger partial charge in [-0.3, -0.25) is 4.99 Å². The maximum atomic E-state index is 5.62. The largest absolute Gasteiger partial charge is 0.308 e. The van der Waals surface area contributed by atoms with Gasteiger partial charge in [-0.1, -0.05) is 42.5 Å². The fraction of sp³-hybridized carbons (Fsp3) is 0.267. The number of rotatable bonds is 1. The minimum absolute atomic E-state index is 0.168.